The third-order valence-corrected chi connectivity index (χ3v) is 11.9. The highest BCUT2D eigenvalue weighted by atomic mass is 16.3. The molecule has 0 aromatic heterocycles. The van der Waals surface area contributed by atoms with E-state index < -0.39 is 0 Å². The molecule has 4 aliphatic carbocycles. The Kier molecular flexibility index (Phi) is 7.35. The molecular weight excluding hydrogens is 448 g/mol. The quantitative estimate of drug-likeness (QED) is 0.526. The Hall–Kier alpha value is -1.36. The lowest BCUT2D eigenvalue weighted by Crippen LogP contribution is -2.50. The van der Waals surface area contributed by atoms with Gasteiger partial charge in [-0.15, -0.1) is 0 Å². The van der Waals surface area contributed by atoms with Crippen molar-refractivity contribution in [2.75, 3.05) is 26.2 Å². The molecule has 4 fully saturated rings. The Morgan fingerprint density at radius 2 is 1.78 bits per heavy atom. The first kappa shape index (κ1) is 26.3. The molecule has 5 nitrogen and oxygen atoms in total. The maximum atomic E-state index is 13.1. The summed E-state index contributed by atoms with van der Waals surface area (Å²) in [7, 11) is 0. The van der Waals surface area contributed by atoms with Crippen LogP contribution in [0.15, 0.2) is 11.6 Å². The molecule has 1 N–H and O–H groups in total. The van der Waals surface area contributed by atoms with Crippen LogP contribution in [0, 0.1) is 40.4 Å². The Bertz CT molecular complexity index is 885. The van der Waals surface area contributed by atoms with Crippen molar-refractivity contribution in [1.29, 1.82) is 0 Å². The average molecular weight is 499 g/mol. The van der Waals surface area contributed by atoms with Gasteiger partial charge >= 0.3 is 0 Å². The minimum Gasteiger partial charge on any atom is -0.393 e. The van der Waals surface area contributed by atoms with Crippen molar-refractivity contribution < 1.29 is 14.7 Å². The normalized spacial score (nSPS) is 41.5. The fraction of sp³-hybridized carbons (Fsp3) is 0.871. The number of amides is 2. The van der Waals surface area contributed by atoms with Crippen LogP contribution in [0.2, 0.25) is 0 Å². The summed E-state index contributed by atoms with van der Waals surface area (Å²) >= 11 is 0. The van der Waals surface area contributed by atoms with E-state index in [1.165, 1.54) is 32.1 Å². The molecule has 1 aliphatic heterocycles. The smallest absolute Gasteiger partial charge is 0.222 e. The summed E-state index contributed by atoms with van der Waals surface area (Å²) in [6.45, 7) is 12.1. The molecule has 0 aromatic rings. The number of carbonyl (C=O) groups is 2. The second kappa shape index (κ2) is 10.1. The van der Waals surface area contributed by atoms with E-state index in [4.69, 9.17) is 0 Å². The highest BCUT2D eigenvalue weighted by Gasteiger charge is 2.59. The molecule has 1 saturated heterocycles. The summed E-state index contributed by atoms with van der Waals surface area (Å²) in [4.78, 5) is 28.7. The summed E-state index contributed by atoms with van der Waals surface area (Å²) < 4.78 is 0. The molecule has 1 heterocycles. The van der Waals surface area contributed by atoms with E-state index in [-0.39, 0.29) is 17.9 Å². The SMILES string of the molecule is CC(=O)N1CCCN(C(=O)CCC(C)[C@H]2CC[C@H]3[C@@H]4CC=C5C[C@@H](O)CC[C@]5(C)[C@H]4CC[C@]23C)CC1. The maximum Gasteiger partial charge on any atom is 0.222 e. The van der Waals surface area contributed by atoms with Crippen molar-refractivity contribution in [2.45, 2.75) is 104 Å². The van der Waals surface area contributed by atoms with Gasteiger partial charge < -0.3 is 14.9 Å². The highest BCUT2D eigenvalue weighted by molar-refractivity contribution is 5.76. The zero-order valence-electron chi connectivity index (χ0n) is 23.3. The third kappa shape index (κ3) is 4.56. The van der Waals surface area contributed by atoms with Gasteiger partial charge in [-0.2, -0.15) is 0 Å². The molecule has 8 atom stereocenters. The van der Waals surface area contributed by atoms with Crippen molar-refractivity contribution in [2.24, 2.45) is 40.4 Å². The lowest BCUT2D eigenvalue weighted by molar-refractivity contribution is -0.133. The van der Waals surface area contributed by atoms with Crippen LogP contribution < -0.4 is 0 Å². The van der Waals surface area contributed by atoms with Gasteiger partial charge in [0.2, 0.25) is 11.8 Å². The summed E-state index contributed by atoms with van der Waals surface area (Å²) in [5.41, 5.74) is 2.28. The van der Waals surface area contributed by atoms with Crippen LogP contribution >= 0.6 is 0 Å². The number of fused-ring (bicyclic) bond motifs is 5. The molecule has 0 radical (unpaired) electrons. The largest absolute Gasteiger partial charge is 0.393 e. The standard InChI is InChI=1S/C31H50N2O3/c1-21(6-11-29(36)33-17-5-16-32(18-19-33)22(2)34)26-9-10-27-25-8-7-23-20-24(35)12-14-30(23,3)28(25)13-15-31(26,27)4/h7,21,24-28,35H,5-6,8-20H2,1-4H3/t21?,24-,25-,26+,27-,28-,30-,31+/m0/s1. The Morgan fingerprint density at radius 1 is 1.03 bits per heavy atom. The molecule has 2 amide bonds. The Balaban J connectivity index is 1.20. The molecule has 0 aromatic carbocycles. The van der Waals surface area contributed by atoms with Crippen LogP contribution in [0.4, 0.5) is 0 Å². The molecular formula is C31H50N2O3. The molecule has 5 aliphatic rings. The molecule has 5 heteroatoms. The van der Waals surface area contributed by atoms with Gasteiger partial charge in [0.25, 0.3) is 0 Å². The molecule has 1 unspecified atom stereocenters. The van der Waals surface area contributed by atoms with Crippen molar-refractivity contribution in [3.63, 3.8) is 0 Å². The predicted octanol–water partition coefficient (Wildman–Crippen LogP) is 5.42. The fourth-order valence-electron chi connectivity index (χ4n) is 9.81. The number of aliphatic hydroxyl groups excluding tert-OH is 1. The van der Waals surface area contributed by atoms with Gasteiger partial charge in [0.15, 0.2) is 0 Å². The van der Waals surface area contributed by atoms with E-state index in [1.54, 1.807) is 12.5 Å². The van der Waals surface area contributed by atoms with Crippen LogP contribution in [-0.4, -0.2) is 59.0 Å². The molecule has 0 bridgehead atoms. The molecule has 5 rings (SSSR count). The second-order valence-corrected chi connectivity index (χ2v) is 13.6. The van der Waals surface area contributed by atoms with E-state index >= 15 is 0 Å². The Morgan fingerprint density at radius 3 is 2.56 bits per heavy atom. The van der Waals surface area contributed by atoms with Crippen molar-refractivity contribution in [1.82, 2.24) is 9.80 Å². The van der Waals surface area contributed by atoms with Gasteiger partial charge in [-0.3, -0.25) is 9.59 Å². The minimum atomic E-state index is -0.128. The number of carbonyl (C=O) groups excluding carboxylic acids is 2. The summed E-state index contributed by atoms with van der Waals surface area (Å²) in [5.74, 6) is 4.11. The third-order valence-electron chi connectivity index (χ3n) is 11.9. The van der Waals surface area contributed by atoms with E-state index in [1.807, 2.05) is 9.80 Å². The van der Waals surface area contributed by atoms with Crippen LogP contribution in [0.25, 0.3) is 0 Å². The topological polar surface area (TPSA) is 60.9 Å². The number of hydrogen-bond donors (Lipinski definition) is 1. The number of allylic oxidation sites excluding steroid dienone is 1. The van der Waals surface area contributed by atoms with Gasteiger partial charge in [0.1, 0.15) is 0 Å². The van der Waals surface area contributed by atoms with Gasteiger partial charge in [0.05, 0.1) is 6.10 Å². The minimum absolute atomic E-state index is 0.122. The van der Waals surface area contributed by atoms with Gasteiger partial charge in [0, 0.05) is 39.5 Å². The van der Waals surface area contributed by atoms with Crippen molar-refractivity contribution in [3.05, 3.63) is 11.6 Å². The van der Waals surface area contributed by atoms with Gasteiger partial charge in [-0.1, -0.05) is 32.4 Å². The maximum absolute atomic E-state index is 13.1. The van der Waals surface area contributed by atoms with Crippen LogP contribution in [0.1, 0.15) is 98.3 Å². The number of rotatable bonds is 4. The molecule has 3 saturated carbocycles. The zero-order chi connectivity index (χ0) is 25.7. The monoisotopic (exact) mass is 498 g/mol. The second-order valence-electron chi connectivity index (χ2n) is 13.6. The van der Waals surface area contributed by atoms with Crippen LogP contribution in [-0.2, 0) is 9.59 Å². The van der Waals surface area contributed by atoms with E-state index in [2.05, 4.69) is 26.8 Å². The van der Waals surface area contributed by atoms with Gasteiger partial charge in [-0.05, 0) is 105 Å². The molecule has 36 heavy (non-hydrogen) atoms. The lowest BCUT2D eigenvalue weighted by Gasteiger charge is -2.58. The number of nitrogens with zero attached hydrogens (tertiary/aromatic N) is 2. The number of aliphatic hydroxyl groups is 1. The van der Waals surface area contributed by atoms with Crippen LogP contribution in [0.5, 0.6) is 0 Å². The summed E-state index contributed by atoms with van der Waals surface area (Å²) in [5, 5.41) is 10.3. The van der Waals surface area contributed by atoms with Crippen molar-refractivity contribution in [3.8, 4) is 0 Å². The first-order chi connectivity index (χ1) is 17.1. The summed E-state index contributed by atoms with van der Waals surface area (Å²) in [6, 6.07) is 0. The average Bonchev–Trinajstić information content (AvgIpc) is 3.02. The zero-order valence-corrected chi connectivity index (χ0v) is 23.3. The van der Waals surface area contributed by atoms with E-state index in [0.717, 1.165) is 68.9 Å². The first-order valence-electron chi connectivity index (χ1n) is 15.0. The molecule has 0 spiro atoms. The Labute approximate surface area is 219 Å². The first-order valence-corrected chi connectivity index (χ1v) is 15.0. The van der Waals surface area contributed by atoms with E-state index in [0.29, 0.717) is 36.3 Å². The van der Waals surface area contributed by atoms with E-state index in [9.17, 15) is 14.7 Å². The fourth-order valence-corrected chi connectivity index (χ4v) is 9.81. The number of hydrogen-bond acceptors (Lipinski definition) is 3. The molecule has 202 valence electrons. The summed E-state index contributed by atoms with van der Waals surface area (Å²) in [6.07, 6.45) is 14.5. The highest BCUT2D eigenvalue weighted by Crippen LogP contribution is 2.67. The van der Waals surface area contributed by atoms with Crippen molar-refractivity contribution >= 4 is 11.8 Å². The van der Waals surface area contributed by atoms with Gasteiger partial charge in [-0.25, -0.2) is 0 Å². The lowest BCUT2D eigenvalue weighted by atomic mass is 9.47. The predicted molar refractivity (Wildman–Crippen MR) is 143 cm³/mol. The van der Waals surface area contributed by atoms with Crippen LogP contribution in [0.3, 0.4) is 0 Å².